The van der Waals surface area contributed by atoms with E-state index in [-0.39, 0.29) is 31.2 Å². The Morgan fingerprint density at radius 2 is 2.07 bits per heavy atom. The smallest absolute Gasteiger partial charge is 0.266 e. The molecule has 0 aliphatic carbocycles. The number of thiocarbonyl (C=S) groups is 1. The summed E-state index contributed by atoms with van der Waals surface area (Å²) in [5, 5.41) is 8.88. The molecule has 0 N–H and O–H groups in total. The minimum Gasteiger partial charge on any atom is -0.465 e. The Morgan fingerprint density at radius 1 is 1.29 bits per heavy atom. The fourth-order valence-corrected chi connectivity index (χ4v) is 3.99. The summed E-state index contributed by atoms with van der Waals surface area (Å²) in [5.41, 5.74) is 0.728. The van der Waals surface area contributed by atoms with E-state index in [0.29, 0.717) is 21.5 Å². The molecule has 1 aliphatic rings. The molecule has 1 aliphatic heterocycles. The first-order chi connectivity index (χ1) is 13.6. The van der Waals surface area contributed by atoms with E-state index in [2.05, 4.69) is 6.07 Å². The minimum atomic E-state index is -0.234. The van der Waals surface area contributed by atoms with Crippen molar-refractivity contribution in [2.75, 3.05) is 18.0 Å². The van der Waals surface area contributed by atoms with Gasteiger partial charge in [0.1, 0.15) is 10.1 Å². The lowest BCUT2D eigenvalue weighted by molar-refractivity contribution is -0.123. The molecule has 2 heterocycles. The predicted octanol–water partition coefficient (Wildman–Crippen LogP) is 3.82. The number of furan rings is 1. The van der Waals surface area contributed by atoms with Crippen LogP contribution in [0.4, 0.5) is 5.69 Å². The Hall–Kier alpha value is -2.89. The topological polar surface area (TPSA) is 77.5 Å². The number of hydrogen-bond donors (Lipinski definition) is 0. The van der Waals surface area contributed by atoms with Crippen LogP contribution in [-0.2, 0) is 9.59 Å². The van der Waals surface area contributed by atoms with Crippen molar-refractivity contribution in [2.24, 2.45) is 0 Å². The Morgan fingerprint density at radius 3 is 2.75 bits per heavy atom. The first kappa shape index (κ1) is 19.9. The highest BCUT2D eigenvalue weighted by Gasteiger charge is 2.32. The number of nitrogens with zero attached hydrogens (tertiary/aromatic N) is 3. The maximum Gasteiger partial charge on any atom is 0.266 e. The van der Waals surface area contributed by atoms with Gasteiger partial charge in [0.05, 0.1) is 23.7 Å². The van der Waals surface area contributed by atoms with Gasteiger partial charge in [-0.1, -0.05) is 42.2 Å². The summed E-state index contributed by atoms with van der Waals surface area (Å²) in [4.78, 5) is 28.8. The Labute approximate surface area is 172 Å². The van der Waals surface area contributed by atoms with Gasteiger partial charge in [0.2, 0.25) is 5.91 Å². The third-order valence-electron chi connectivity index (χ3n) is 4.06. The number of para-hydroxylation sites is 1. The van der Waals surface area contributed by atoms with Crippen LogP contribution in [0.1, 0.15) is 18.6 Å². The SMILES string of the molecule is N#CCCN(C(=O)CCN1C(=O)/C(=C\c2ccco2)SC1=S)c1ccccc1. The fraction of sp³-hybridized carbons (Fsp3) is 0.200. The molecular formula is C20H17N3O3S2. The summed E-state index contributed by atoms with van der Waals surface area (Å²) in [7, 11) is 0. The van der Waals surface area contributed by atoms with Gasteiger partial charge in [-0.15, -0.1) is 0 Å². The summed E-state index contributed by atoms with van der Waals surface area (Å²) in [6.45, 7) is 0.491. The number of amides is 2. The molecule has 1 aromatic heterocycles. The molecule has 28 heavy (non-hydrogen) atoms. The monoisotopic (exact) mass is 411 g/mol. The van der Waals surface area contributed by atoms with E-state index in [4.69, 9.17) is 21.9 Å². The van der Waals surface area contributed by atoms with Crippen molar-refractivity contribution in [1.29, 1.82) is 5.26 Å². The molecule has 0 unspecified atom stereocenters. The van der Waals surface area contributed by atoms with Gasteiger partial charge in [0, 0.05) is 31.3 Å². The van der Waals surface area contributed by atoms with Crippen molar-refractivity contribution in [3.8, 4) is 6.07 Å². The molecule has 0 atom stereocenters. The highest BCUT2D eigenvalue weighted by Crippen LogP contribution is 2.32. The number of carbonyl (C=O) groups excluding carboxylic acids is 2. The highest BCUT2D eigenvalue weighted by molar-refractivity contribution is 8.26. The largest absolute Gasteiger partial charge is 0.465 e. The van der Waals surface area contributed by atoms with Crippen LogP contribution in [-0.4, -0.2) is 34.1 Å². The van der Waals surface area contributed by atoms with Crippen LogP contribution >= 0.6 is 24.0 Å². The first-order valence-electron chi connectivity index (χ1n) is 8.61. The molecule has 2 amide bonds. The van der Waals surface area contributed by atoms with Crippen LogP contribution < -0.4 is 4.90 Å². The molecule has 2 aromatic rings. The number of anilines is 1. The van der Waals surface area contributed by atoms with Crippen LogP contribution in [0, 0.1) is 11.3 Å². The number of carbonyl (C=O) groups is 2. The molecule has 1 fully saturated rings. The molecular weight excluding hydrogens is 394 g/mol. The summed E-state index contributed by atoms with van der Waals surface area (Å²) in [6.07, 6.45) is 3.52. The number of thioether (sulfide) groups is 1. The van der Waals surface area contributed by atoms with E-state index in [9.17, 15) is 9.59 Å². The molecule has 0 bridgehead atoms. The van der Waals surface area contributed by atoms with Crippen molar-refractivity contribution in [3.05, 3.63) is 59.4 Å². The Bertz CT molecular complexity index is 933. The second kappa shape index (κ2) is 9.35. The third-order valence-corrected chi connectivity index (χ3v) is 5.43. The van der Waals surface area contributed by atoms with Gasteiger partial charge in [0.15, 0.2) is 0 Å². The van der Waals surface area contributed by atoms with E-state index in [1.165, 1.54) is 22.9 Å². The maximum atomic E-state index is 12.8. The summed E-state index contributed by atoms with van der Waals surface area (Å²) in [6, 6.07) is 14.7. The number of hydrogen-bond acceptors (Lipinski definition) is 6. The van der Waals surface area contributed by atoms with Gasteiger partial charge in [-0.2, -0.15) is 5.26 Å². The van der Waals surface area contributed by atoms with Crippen LogP contribution in [0.5, 0.6) is 0 Å². The van der Waals surface area contributed by atoms with E-state index in [1.807, 2.05) is 30.3 Å². The van der Waals surface area contributed by atoms with Gasteiger partial charge < -0.3 is 9.32 Å². The van der Waals surface area contributed by atoms with E-state index in [0.717, 1.165) is 5.69 Å². The van der Waals surface area contributed by atoms with Crippen molar-refractivity contribution < 1.29 is 14.0 Å². The minimum absolute atomic E-state index is 0.112. The molecule has 8 heteroatoms. The summed E-state index contributed by atoms with van der Waals surface area (Å²) >= 11 is 6.49. The molecule has 1 aromatic carbocycles. The van der Waals surface area contributed by atoms with Crippen LogP contribution in [0.25, 0.3) is 6.08 Å². The standard InChI is InChI=1S/C20H17N3O3S2/c21-10-5-11-22(15-6-2-1-3-7-15)18(24)9-12-23-19(25)17(28-20(23)27)14-16-8-4-13-26-16/h1-4,6-8,13-14H,5,9,11-12H2/b17-14+. The second-order valence-corrected chi connectivity index (χ2v) is 7.56. The van der Waals surface area contributed by atoms with Crippen LogP contribution in [0.15, 0.2) is 58.1 Å². The summed E-state index contributed by atoms with van der Waals surface area (Å²) in [5.74, 6) is 0.177. The average Bonchev–Trinajstić information content (AvgIpc) is 3.30. The molecule has 0 spiro atoms. The number of nitriles is 1. The lowest BCUT2D eigenvalue weighted by atomic mass is 10.2. The van der Waals surface area contributed by atoms with Crippen LogP contribution in [0.3, 0.4) is 0 Å². The zero-order chi connectivity index (χ0) is 19.9. The van der Waals surface area contributed by atoms with Gasteiger partial charge in [-0.05, 0) is 24.3 Å². The zero-order valence-corrected chi connectivity index (χ0v) is 16.5. The van der Waals surface area contributed by atoms with Gasteiger partial charge in [-0.3, -0.25) is 14.5 Å². The van der Waals surface area contributed by atoms with Crippen molar-refractivity contribution >= 4 is 51.9 Å². The quantitative estimate of drug-likeness (QED) is 0.509. The molecule has 1 saturated heterocycles. The molecule has 6 nitrogen and oxygen atoms in total. The summed E-state index contributed by atoms with van der Waals surface area (Å²) < 4.78 is 5.66. The molecule has 0 radical (unpaired) electrons. The maximum absolute atomic E-state index is 12.8. The lowest BCUT2D eigenvalue weighted by Gasteiger charge is -2.23. The zero-order valence-electron chi connectivity index (χ0n) is 14.9. The van der Waals surface area contributed by atoms with Gasteiger partial charge in [-0.25, -0.2) is 0 Å². The Kier molecular flexibility index (Phi) is 6.63. The van der Waals surface area contributed by atoms with Crippen molar-refractivity contribution in [3.63, 3.8) is 0 Å². The third kappa shape index (κ3) is 4.68. The Balaban J connectivity index is 1.66. The van der Waals surface area contributed by atoms with Crippen molar-refractivity contribution in [2.45, 2.75) is 12.8 Å². The highest BCUT2D eigenvalue weighted by atomic mass is 32.2. The fourth-order valence-electron chi connectivity index (χ4n) is 2.71. The normalized spacial score (nSPS) is 15.1. The van der Waals surface area contributed by atoms with E-state index in [1.54, 1.807) is 23.1 Å². The van der Waals surface area contributed by atoms with Gasteiger partial charge >= 0.3 is 0 Å². The molecule has 142 valence electrons. The van der Waals surface area contributed by atoms with E-state index >= 15 is 0 Å². The number of rotatable bonds is 7. The first-order valence-corrected chi connectivity index (χ1v) is 9.84. The van der Waals surface area contributed by atoms with Crippen molar-refractivity contribution in [1.82, 2.24) is 4.90 Å². The van der Waals surface area contributed by atoms with E-state index < -0.39 is 0 Å². The predicted molar refractivity (Wildman–Crippen MR) is 112 cm³/mol. The molecule has 0 saturated carbocycles. The molecule has 3 rings (SSSR count). The van der Waals surface area contributed by atoms with Gasteiger partial charge in [0.25, 0.3) is 5.91 Å². The average molecular weight is 412 g/mol. The lowest BCUT2D eigenvalue weighted by Crippen LogP contribution is -2.36. The number of benzene rings is 1. The second-order valence-electron chi connectivity index (χ2n) is 5.89. The van der Waals surface area contributed by atoms with Crippen LogP contribution in [0.2, 0.25) is 0 Å².